The van der Waals surface area contributed by atoms with Gasteiger partial charge in [0.2, 0.25) is 5.78 Å². The number of hydrogen-bond donors (Lipinski definition) is 0. The lowest BCUT2D eigenvalue weighted by Gasteiger charge is -2.18. The number of fused-ring (bicyclic) bond motifs is 1. The molecule has 0 amide bonds. The molecule has 1 heterocycles. The minimum absolute atomic E-state index is 0.0491. The van der Waals surface area contributed by atoms with Crippen molar-refractivity contribution in [3.05, 3.63) is 34.6 Å². The second-order valence-electron chi connectivity index (χ2n) is 5.74. The molecule has 3 rings (SSSR count). The summed E-state index contributed by atoms with van der Waals surface area (Å²) in [5.41, 5.74) is 1.42. The molecule has 0 spiro atoms. The van der Waals surface area contributed by atoms with Gasteiger partial charge in [0.25, 0.3) is 0 Å². The van der Waals surface area contributed by atoms with Crippen molar-refractivity contribution < 1.29 is 22.1 Å². The zero-order chi connectivity index (χ0) is 16.6. The molecule has 0 N–H and O–H groups in total. The van der Waals surface area contributed by atoms with Gasteiger partial charge in [0.05, 0.1) is 12.7 Å². The zero-order valence-corrected chi connectivity index (χ0v) is 15.1. The van der Waals surface area contributed by atoms with E-state index >= 15 is 0 Å². The van der Waals surface area contributed by atoms with Gasteiger partial charge in [-0.2, -0.15) is 0 Å². The fourth-order valence-electron chi connectivity index (χ4n) is 3.15. The van der Waals surface area contributed by atoms with E-state index in [0.717, 1.165) is 11.3 Å². The molecule has 1 aromatic rings. The van der Waals surface area contributed by atoms with Crippen LogP contribution in [0.25, 0.3) is 0 Å². The number of hydrogen-bond acceptors (Lipinski definition) is 5. The lowest BCUT2D eigenvalue weighted by molar-refractivity contribution is -0.115. The predicted molar refractivity (Wildman–Crippen MR) is 92.1 cm³/mol. The molecule has 0 radical (unpaired) electrons. The van der Waals surface area contributed by atoms with Gasteiger partial charge in [-0.15, -0.1) is 0 Å². The summed E-state index contributed by atoms with van der Waals surface area (Å²) in [6.07, 6.45) is 2.41. The van der Waals surface area contributed by atoms with Crippen LogP contribution in [0.4, 0.5) is 0 Å². The Kier molecular flexibility index (Phi) is 4.61. The highest BCUT2D eigenvalue weighted by atomic mass is 127. The molecule has 0 saturated carbocycles. The number of halogens is 1. The Labute approximate surface area is 148 Å². The maximum atomic E-state index is 13.0. The molecule has 5 nitrogen and oxygen atoms in total. The Morgan fingerprint density at radius 1 is 1.35 bits per heavy atom. The third-order valence-corrected chi connectivity index (χ3v) is 4.70. The van der Waals surface area contributed by atoms with Gasteiger partial charge in [-0.1, -0.05) is 0 Å². The van der Waals surface area contributed by atoms with Crippen LogP contribution in [0.2, 0.25) is 0 Å². The van der Waals surface area contributed by atoms with E-state index < -0.39 is 0 Å². The Morgan fingerprint density at radius 2 is 2.13 bits per heavy atom. The van der Waals surface area contributed by atoms with E-state index in [1.807, 2.05) is 6.92 Å². The third kappa shape index (κ3) is 2.84. The number of benzene rings is 1. The topological polar surface area (TPSA) is 61.8 Å². The van der Waals surface area contributed by atoms with Crippen LogP contribution in [-0.2, 0) is 14.3 Å². The van der Waals surface area contributed by atoms with E-state index in [2.05, 4.69) is 0 Å². The minimum atomic E-state index is -0.333. The summed E-state index contributed by atoms with van der Waals surface area (Å²) >= 11 is 1.72. The van der Waals surface area contributed by atoms with Crippen molar-refractivity contribution in [3.63, 3.8) is 0 Å². The molecule has 0 saturated heterocycles. The summed E-state index contributed by atoms with van der Waals surface area (Å²) in [4.78, 5) is 25.2. The van der Waals surface area contributed by atoms with E-state index in [-0.39, 0.29) is 23.2 Å². The average Bonchev–Trinajstić information content (AvgIpc) is 2.93. The van der Waals surface area contributed by atoms with Gasteiger partial charge in [-0.25, -0.2) is 0 Å². The molecule has 1 aromatic carbocycles. The second-order valence-corrected chi connectivity index (χ2v) is 6.18. The number of allylic oxidation sites excluding steroid dienone is 2. The normalized spacial score (nSPS) is 20.1. The summed E-state index contributed by atoms with van der Waals surface area (Å²) in [6, 6.07) is 3.44. The first kappa shape index (κ1) is 16.3. The number of ether oxygens (including phenoxy) is 2. The Bertz CT molecular complexity index is 707. The first-order chi connectivity index (χ1) is 11.1. The summed E-state index contributed by atoms with van der Waals surface area (Å²) in [5, 5.41) is 0. The van der Waals surface area contributed by atoms with E-state index in [1.54, 1.807) is 35.1 Å². The van der Waals surface area contributed by atoms with Gasteiger partial charge in [-0.05, 0) is 25.5 Å². The first-order valence-electron chi connectivity index (χ1n) is 7.53. The monoisotopic (exact) mass is 428 g/mol. The lowest BCUT2D eigenvalue weighted by Crippen LogP contribution is -2.20. The van der Waals surface area contributed by atoms with Crippen LogP contribution in [-0.4, -0.2) is 24.8 Å². The Morgan fingerprint density at radius 3 is 2.83 bits per heavy atom. The van der Waals surface area contributed by atoms with Crippen LogP contribution in [0.5, 0.6) is 11.5 Å². The van der Waals surface area contributed by atoms with Crippen molar-refractivity contribution in [3.8, 4) is 11.5 Å². The fourth-order valence-corrected chi connectivity index (χ4v) is 3.59. The van der Waals surface area contributed by atoms with Gasteiger partial charge >= 0.3 is 0 Å². The SMILES string of the molecule is COc1c(C(=O)C2=C(OI)CCCC2=O)ccc2c1CC(C)O2. The van der Waals surface area contributed by atoms with Gasteiger partial charge < -0.3 is 12.5 Å². The number of carbonyl (C=O) groups is 2. The number of carbonyl (C=O) groups excluding carboxylic acids is 2. The number of methoxy groups -OCH3 is 1. The van der Waals surface area contributed by atoms with Gasteiger partial charge in [0.15, 0.2) is 28.8 Å². The van der Waals surface area contributed by atoms with Crippen LogP contribution in [0.1, 0.15) is 42.1 Å². The van der Waals surface area contributed by atoms with Crippen molar-refractivity contribution in [2.45, 2.75) is 38.7 Å². The van der Waals surface area contributed by atoms with Crippen LogP contribution in [0, 0.1) is 0 Å². The molecule has 6 heteroatoms. The van der Waals surface area contributed by atoms with Crippen LogP contribution in [0.3, 0.4) is 0 Å². The molecular weight excluding hydrogens is 411 g/mol. The number of ketones is 2. The number of rotatable bonds is 4. The molecule has 0 aromatic heterocycles. The predicted octanol–water partition coefficient (Wildman–Crippen LogP) is 3.58. The molecule has 122 valence electrons. The standard InChI is InChI=1S/C17H17IO5/c1-9-8-11-13(22-9)7-6-10(17(11)21-2)16(20)15-12(19)4-3-5-14(15)23-18/h6-7,9H,3-5,8H2,1-2H3. The average molecular weight is 428 g/mol. The largest absolute Gasteiger partial charge is 0.496 e. The number of Topliss-reactive ketones (excluding diaryl/α,β-unsaturated/α-hetero) is 2. The van der Waals surface area contributed by atoms with E-state index in [1.165, 1.54) is 7.11 Å². The highest BCUT2D eigenvalue weighted by Gasteiger charge is 2.33. The zero-order valence-electron chi connectivity index (χ0n) is 13.0. The summed E-state index contributed by atoms with van der Waals surface area (Å²) in [7, 11) is 1.53. The molecule has 2 aliphatic rings. The molecule has 0 bridgehead atoms. The smallest absolute Gasteiger partial charge is 0.203 e. The van der Waals surface area contributed by atoms with Crippen molar-refractivity contribution in [1.82, 2.24) is 0 Å². The maximum absolute atomic E-state index is 13.0. The van der Waals surface area contributed by atoms with E-state index in [9.17, 15) is 9.59 Å². The molecule has 0 fully saturated rings. The van der Waals surface area contributed by atoms with Crippen molar-refractivity contribution in [1.29, 1.82) is 0 Å². The van der Waals surface area contributed by atoms with E-state index in [4.69, 9.17) is 12.5 Å². The van der Waals surface area contributed by atoms with Gasteiger partial charge in [-0.3, -0.25) is 9.59 Å². The second kappa shape index (κ2) is 6.51. The quantitative estimate of drug-likeness (QED) is 0.417. The molecule has 23 heavy (non-hydrogen) atoms. The van der Waals surface area contributed by atoms with Crippen LogP contribution >= 0.6 is 23.0 Å². The molecule has 1 aliphatic heterocycles. The van der Waals surface area contributed by atoms with Crippen molar-refractivity contribution in [2.75, 3.05) is 7.11 Å². The van der Waals surface area contributed by atoms with Crippen molar-refractivity contribution in [2.24, 2.45) is 0 Å². The fraction of sp³-hybridized carbons (Fsp3) is 0.412. The Hall–Kier alpha value is -1.57. The Balaban J connectivity index is 2.09. The summed E-state index contributed by atoms with van der Waals surface area (Å²) in [5.74, 6) is 1.19. The molecule has 1 unspecified atom stereocenters. The van der Waals surface area contributed by atoms with Crippen LogP contribution < -0.4 is 9.47 Å². The van der Waals surface area contributed by atoms with Crippen LogP contribution in [0.15, 0.2) is 23.5 Å². The molecular formula is C17H17IO5. The summed E-state index contributed by atoms with van der Waals surface area (Å²) in [6.45, 7) is 1.97. The highest BCUT2D eigenvalue weighted by Crippen LogP contribution is 2.40. The molecule has 1 aliphatic carbocycles. The van der Waals surface area contributed by atoms with E-state index in [0.29, 0.717) is 42.8 Å². The third-order valence-electron chi connectivity index (χ3n) is 4.17. The van der Waals surface area contributed by atoms with Crippen molar-refractivity contribution >= 4 is 34.6 Å². The summed E-state index contributed by atoms with van der Waals surface area (Å²) < 4.78 is 16.4. The van der Waals surface area contributed by atoms with Gasteiger partial charge in [0, 0.05) is 24.8 Å². The lowest BCUT2D eigenvalue weighted by atomic mass is 9.89. The minimum Gasteiger partial charge on any atom is -0.496 e. The maximum Gasteiger partial charge on any atom is 0.203 e. The van der Waals surface area contributed by atoms with Gasteiger partial charge in [0.1, 0.15) is 28.9 Å². The molecule has 1 atom stereocenters. The first-order valence-corrected chi connectivity index (χ1v) is 8.41. The highest BCUT2D eigenvalue weighted by molar-refractivity contribution is 14.1.